The minimum absolute atomic E-state index is 0.00148. The molecular formula is C23H23F3N4O3. The lowest BCUT2D eigenvalue weighted by Crippen LogP contribution is -2.45. The number of carbonyl (C=O) groups is 1. The smallest absolute Gasteiger partial charge is 0.352 e. The third-order valence-electron chi connectivity index (χ3n) is 5.89. The van der Waals surface area contributed by atoms with Gasteiger partial charge >= 0.3 is 6.18 Å². The van der Waals surface area contributed by atoms with E-state index in [1.807, 2.05) is 0 Å². The van der Waals surface area contributed by atoms with Crippen molar-refractivity contribution >= 4 is 22.5 Å². The van der Waals surface area contributed by atoms with Crippen LogP contribution in [0, 0.1) is 10.1 Å². The third kappa shape index (κ3) is 5.51. The van der Waals surface area contributed by atoms with Crippen LogP contribution in [0.1, 0.15) is 24.0 Å². The number of rotatable bonds is 6. The van der Waals surface area contributed by atoms with E-state index in [4.69, 9.17) is 0 Å². The van der Waals surface area contributed by atoms with E-state index >= 15 is 0 Å². The molecule has 1 N–H and O–H groups in total. The largest absolute Gasteiger partial charge is 0.416 e. The Kier molecular flexibility index (Phi) is 6.37. The molecule has 1 aliphatic heterocycles. The Morgan fingerprint density at radius 2 is 1.88 bits per heavy atom. The van der Waals surface area contributed by atoms with Crippen LogP contribution in [-0.2, 0) is 24.1 Å². The molecule has 2 aromatic carbocycles. The molecule has 0 aliphatic carbocycles. The molecule has 0 atom stereocenters. The van der Waals surface area contributed by atoms with Crippen LogP contribution in [0.3, 0.4) is 0 Å². The third-order valence-corrected chi connectivity index (χ3v) is 5.89. The summed E-state index contributed by atoms with van der Waals surface area (Å²) in [6.45, 7) is 1.90. The average Bonchev–Trinajstić information content (AvgIpc) is 3.16. The lowest BCUT2D eigenvalue weighted by atomic mass is 10.0. The van der Waals surface area contributed by atoms with Crippen LogP contribution in [0.15, 0.2) is 54.7 Å². The molecule has 0 bridgehead atoms. The predicted octanol–water partition coefficient (Wildman–Crippen LogP) is 4.35. The Labute approximate surface area is 187 Å². The molecule has 1 amide bonds. The fourth-order valence-corrected chi connectivity index (χ4v) is 4.21. The zero-order chi connectivity index (χ0) is 23.6. The predicted molar refractivity (Wildman–Crippen MR) is 116 cm³/mol. The number of nitrogens with zero attached hydrogens (tertiary/aromatic N) is 3. The van der Waals surface area contributed by atoms with Crippen LogP contribution in [0.4, 0.5) is 18.9 Å². The van der Waals surface area contributed by atoms with Gasteiger partial charge in [-0.05, 0) is 36.6 Å². The summed E-state index contributed by atoms with van der Waals surface area (Å²) in [6, 6.07) is 11.6. The van der Waals surface area contributed by atoms with Gasteiger partial charge in [-0.2, -0.15) is 13.2 Å². The Hall–Kier alpha value is -3.40. The summed E-state index contributed by atoms with van der Waals surface area (Å²) in [6.07, 6.45) is -1.20. The number of hydrogen-bond donors (Lipinski definition) is 1. The van der Waals surface area contributed by atoms with Crippen LogP contribution in [0.2, 0.25) is 0 Å². The fourth-order valence-electron chi connectivity index (χ4n) is 4.21. The topological polar surface area (TPSA) is 80.4 Å². The molecule has 2 heterocycles. The number of hydrogen-bond acceptors (Lipinski definition) is 4. The monoisotopic (exact) mass is 460 g/mol. The number of amides is 1. The molecule has 1 fully saturated rings. The van der Waals surface area contributed by atoms with Crippen LogP contribution >= 0.6 is 0 Å². The molecule has 0 spiro atoms. The average molecular weight is 460 g/mol. The summed E-state index contributed by atoms with van der Waals surface area (Å²) in [5, 5.41) is 14.6. The molecule has 7 nitrogen and oxygen atoms in total. The SMILES string of the molecule is O=C(Cn1ccc2cc([N+](=O)[O-])ccc21)NC1CCN(Cc2cccc(C(F)(F)F)c2)CC1. The highest BCUT2D eigenvalue weighted by Crippen LogP contribution is 2.30. The number of non-ortho nitro benzene ring substituents is 1. The standard InChI is InChI=1S/C23H23F3N4O3/c24-23(25,26)18-3-1-2-16(12-18)14-28-9-7-19(8-10-28)27-22(31)15-29-11-6-17-13-20(30(32)33)4-5-21(17)29/h1-6,11-13,19H,7-10,14-15H2,(H,27,31). The van der Waals surface area contributed by atoms with Gasteiger partial charge in [-0.1, -0.05) is 18.2 Å². The van der Waals surface area contributed by atoms with Gasteiger partial charge in [0.15, 0.2) is 0 Å². The summed E-state index contributed by atoms with van der Waals surface area (Å²) < 4.78 is 40.5. The highest BCUT2D eigenvalue weighted by molar-refractivity contribution is 5.85. The second-order valence-electron chi connectivity index (χ2n) is 8.26. The summed E-state index contributed by atoms with van der Waals surface area (Å²) in [4.78, 5) is 25.1. The number of halogens is 3. The maximum Gasteiger partial charge on any atom is 0.416 e. The minimum Gasteiger partial charge on any atom is -0.352 e. The van der Waals surface area contributed by atoms with Crippen molar-refractivity contribution in [2.24, 2.45) is 0 Å². The summed E-state index contributed by atoms with van der Waals surface area (Å²) >= 11 is 0. The van der Waals surface area contributed by atoms with E-state index < -0.39 is 16.7 Å². The molecule has 4 rings (SSSR count). The van der Waals surface area contributed by atoms with E-state index in [0.29, 0.717) is 43.4 Å². The van der Waals surface area contributed by atoms with E-state index in [1.54, 1.807) is 29.0 Å². The van der Waals surface area contributed by atoms with Gasteiger partial charge in [0, 0.05) is 54.9 Å². The first kappa shape index (κ1) is 22.8. The van der Waals surface area contributed by atoms with E-state index in [0.717, 1.165) is 11.6 Å². The first-order chi connectivity index (χ1) is 15.7. The van der Waals surface area contributed by atoms with Crippen LogP contribution < -0.4 is 5.32 Å². The van der Waals surface area contributed by atoms with E-state index in [9.17, 15) is 28.1 Å². The molecule has 0 radical (unpaired) electrons. The second-order valence-corrected chi connectivity index (χ2v) is 8.26. The quantitative estimate of drug-likeness (QED) is 0.438. The molecule has 1 saturated heterocycles. The number of piperidine rings is 1. The highest BCUT2D eigenvalue weighted by atomic mass is 19.4. The lowest BCUT2D eigenvalue weighted by Gasteiger charge is -2.32. The fraction of sp³-hybridized carbons (Fsp3) is 0.348. The Bertz CT molecular complexity index is 1170. The van der Waals surface area contributed by atoms with Crippen LogP contribution in [-0.4, -0.2) is 39.4 Å². The Balaban J connectivity index is 1.28. The first-order valence-corrected chi connectivity index (χ1v) is 10.6. The molecule has 10 heteroatoms. The first-order valence-electron chi connectivity index (χ1n) is 10.6. The van der Waals surface area contributed by atoms with Crippen molar-refractivity contribution in [3.05, 3.63) is 76.0 Å². The zero-order valence-electron chi connectivity index (χ0n) is 17.7. The minimum atomic E-state index is -4.35. The summed E-state index contributed by atoms with van der Waals surface area (Å²) in [7, 11) is 0. The van der Waals surface area contributed by atoms with Gasteiger partial charge in [-0.15, -0.1) is 0 Å². The molecule has 0 unspecified atom stereocenters. The van der Waals surface area contributed by atoms with Crippen molar-refractivity contribution < 1.29 is 22.9 Å². The molecule has 1 aromatic heterocycles. The summed E-state index contributed by atoms with van der Waals surface area (Å²) in [5.74, 6) is -0.151. The van der Waals surface area contributed by atoms with Gasteiger partial charge in [-0.3, -0.25) is 19.8 Å². The molecular weight excluding hydrogens is 437 g/mol. The number of fused-ring (bicyclic) bond motifs is 1. The molecule has 1 aliphatic rings. The van der Waals surface area contributed by atoms with Gasteiger partial charge in [0.2, 0.25) is 5.91 Å². The molecule has 33 heavy (non-hydrogen) atoms. The number of aromatic nitrogens is 1. The number of nitro benzene ring substituents is 1. The Morgan fingerprint density at radius 3 is 2.58 bits per heavy atom. The summed E-state index contributed by atoms with van der Waals surface area (Å²) in [5.41, 5.74) is 0.717. The van der Waals surface area contributed by atoms with Gasteiger partial charge < -0.3 is 9.88 Å². The van der Waals surface area contributed by atoms with E-state index in [2.05, 4.69) is 10.2 Å². The number of nitro groups is 1. The van der Waals surface area contributed by atoms with Crippen molar-refractivity contribution in [3.63, 3.8) is 0 Å². The van der Waals surface area contributed by atoms with E-state index in [-0.39, 0.29) is 24.2 Å². The maximum atomic E-state index is 12.9. The van der Waals surface area contributed by atoms with Gasteiger partial charge in [-0.25, -0.2) is 0 Å². The van der Waals surface area contributed by atoms with Crippen LogP contribution in [0.25, 0.3) is 10.9 Å². The molecule has 3 aromatic rings. The van der Waals surface area contributed by atoms with E-state index in [1.165, 1.54) is 24.3 Å². The van der Waals surface area contributed by atoms with Crippen molar-refractivity contribution in [1.82, 2.24) is 14.8 Å². The lowest BCUT2D eigenvalue weighted by molar-refractivity contribution is -0.384. The van der Waals surface area contributed by atoms with Crippen molar-refractivity contribution in [1.29, 1.82) is 0 Å². The van der Waals surface area contributed by atoms with Gasteiger partial charge in [0.1, 0.15) is 6.54 Å². The maximum absolute atomic E-state index is 12.9. The normalized spacial score (nSPS) is 15.6. The van der Waals surface area contributed by atoms with Crippen molar-refractivity contribution in [2.45, 2.75) is 38.1 Å². The number of carbonyl (C=O) groups excluding carboxylic acids is 1. The number of likely N-dealkylation sites (tertiary alicyclic amines) is 1. The number of benzene rings is 2. The zero-order valence-corrected chi connectivity index (χ0v) is 17.7. The van der Waals surface area contributed by atoms with Gasteiger partial charge in [0.25, 0.3) is 5.69 Å². The second kappa shape index (κ2) is 9.22. The van der Waals surface area contributed by atoms with Gasteiger partial charge in [0.05, 0.1) is 10.5 Å². The van der Waals surface area contributed by atoms with Crippen molar-refractivity contribution in [2.75, 3.05) is 13.1 Å². The Morgan fingerprint density at radius 1 is 1.12 bits per heavy atom. The molecule has 174 valence electrons. The number of nitrogens with one attached hydrogen (secondary N) is 1. The highest BCUT2D eigenvalue weighted by Gasteiger charge is 2.30. The van der Waals surface area contributed by atoms with Crippen LogP contribution in [0.5, 0.6) is 0 Å². The van der Waals surface area contributed by atoms with Crippen molar-refractivity contribution in [3.8, 4) is 0 Å². The number of alkyl halides is 3. The molecule has 0 saturated carbocycles.